The molecular weight excluding hydrogens is 226 g/mol. The first-order valence-corrected chi connectivity index (χ1v) is 6.20. The Morgan fingerprint density at radius 3 is 3.00 bits per heavy atom. The molecule has 1 aliphatic heterocycles. The Morgan fingerprint density at radius 1 is 1.20 bits per heavy atom. The second-order valence-corrected chi connectivity index (χ2v) is 5.12. The maximum Gasteiger partial charge on any atom is 0.266 e. The van der Waals surface area contributed by atoms with Crippen LogP contribution in [0.4, 0.5) is 0 Å². The fourth-order valence-corrected chi connectivity index (χ4v) is 3.68. The fourth-order valence-electron chi connectivity index (χ4n) is 1.57. The molecule has 2 nitrogen and oxygen atoms in total. The summed E-state index contributed by atoms with van der Waals surface area (Å²) in [6, 6.07) is 8.11. The topological polar surface area (TPSA) is 29.1 Å². The zero-order chi connectivity index (χ0) is 10.3. The minimum Gasteiger partial charge on any atom is -0.327 e. The van der Waals surface area contributed by atoms with Gasteiger partial charge in [-0.05, 0) is 11.5 Å². The SMILES string of the molecule is O=C1NC=CSc2c1sc1ccccc21. The average Bonchev–Trinajstić information content (AvgIpc) is 2.54. The number of hydrogen-bond donors (Lipinski definition) is 1. The zero-order valence-electron chi connectivity index (χ0n) is 7.69. The van der Waals surface area contributed by atoms with Crippen molar-refractivity contribution in [3.05, 3.63) is 40.8 Å². The predicted molar refractivity (Wildman–Crippen MR) is 64.3 cm³/mol. The molecule has 2 aromatic rings. The van der Waals surface area contributed by atoms with Crippen LogP contribution < -0.4 is 5.32 Å². The number of rotatable bonds is 0. The van der Waals surface area contributed by atoms with Crippen molar-refractivity contribution in [3.63, 3.8) is 0 Å². The first-order valence-electron chi connectivity index (χ1n) is 4.50. The van der Waals surface area contributed by atoms with E-state index >= 15 is 0 Å². The van der Waals surface area contributed by atoms with Gasteiger partial charge < -0.3 is 5.32 Å². The van der Waals surface area contributed by atoms with Crippen LogP contribution in [0.2, 0.25) is 0 Å². The Labute approximate surface area is 95.0 Å². The lowest BCUT2D eigenvalue weighted by Gasteiger charge is -1.95. The van der Waals surface area contributed by atoms with E-state index in [2.05, 4.69) is 11.4 Å². The normalized spacial score (nSPS) is 14.8. The highest BCUT2D eigenvalue weighted by atomic mass is 32.2. The molecular formula is C11H7NOS2. The van der Waals surface area contributed by atoms with Crippen molar-refractivity contribution >= 4 is 39.1 Å². The highest BCUT2D eigenvalue weighted by Gasteiger charge is 2.18. The van der Waals surface area contributed by atoms with Gasteiger partial charge in [0, 0.05) is 21.2 Å². The standard InChI is InChI=1S/C11H7NOS2/c13-11-10-9(14-6-5-12-11)7-3-1-2-4-8(7)15-10/h1-6H,(H,12,13). The van der Waals surface area contributed by atoms with E-state index in [1.807, 2.05) is 23.6 Å². The lowest BCUT2D eigenvalue weighted by atomic mass is 10.2. The molecule has 0 saturated heterocycles. The third-order valence-electron chi connectivity index (χ3n) is 2.22. The van der Waals surface area contributed by atoms with Gasteiger partial charge in [-0.25, -0.2) is 0 Å². The number of thioether (sulfide) groups is 1. The average molecular weight is 233 g/mol. The molecule has 0 aliphatic carbocycles. The summed E-state index contributed by atoms with van der Waals surface area (Å²) in [5.74, 6) is -0.00699. The van der Waals surface area contributed by atoms with Gasteiger partial charge in [-0.3, -0.25) is 4.79 Å². The number of thiophene rings is 1. The van der Waals surface area contributed by atoms with E-state index in [4.69, 9.17) is 0 Å². The van der Waals surface area contributed by atoms with E-state index in [1.54, 1.807) is 29.3 Å². The van der Waals surface area contributed by atoms with Gasteiger partial charge in [0.1, 0.15) is 4.88 Å². The summed E-state index contributed by atoms with van der Waals surface area (Å²) in [6.07, 6.45) is 1.69. The molecule has 0 saturated carbocycles. The van der Waals surface area contributed by atoms with E-state index in [0.717, 1.165) is 9.77 Å². The summed E-state index contributed by atoms with van der Waals surface area (Å²) in [4.78, 5) is 13.6. The number of hydrogen-bond acceptors (Lipinski definition) is 3. The number of fused-ring (bicyclic) bond motifs is 3. The van der Waals surface area contributed by atoms with E-state index in [0.29, 0.717) is 0 Å². The number of carbonyl (C=O) groups is 1. The van der Waals surface area contributed by atoms with E-state index in [1.165, 1.54) is 10.1 Å². The molecule has 15 heavy (non-hydrogen) atoms. The van der Waals surface area contributed by atoms with E-state index in [9.17, 15) is 4.79 Å². The summed E-state index contributed by atoms with van der Waals surface area (Å²) >= 11 is 3.14. The van der Waals surface area contributed by atoms with Crippen LogP contribution >= 0.6 is 23.1 Å². The van der Waals surface area contributed by atoms with Gasteiger partial charge in [0.2, 0.25) is 0 Å². The molecule has 0 radical (unpaired) electrons. The van der Waals surface area contributed by atoms with Crippen molar-refractivity contribution in [2.75, 3.05) is 0 Å². The van der Waals surface area contributed by atoms with Crippen molar-refractivity contribution in [2.45, 2.75) is 4.90 Å². The molecule has 1 amide bonds. The second-order valence-electron chi connectivity index (χ2n) is 3.15. The van der Waals surface area contributed by atoms with Gasteiger partial charge in [-0.1, -0.05) is 30.0 Å². The van der Waals surface area contributed by atoms with Crippen molar-refractivity contribution in [1.29, 1.82) is 0 Å². The molecule has 0 unspecified atom stereocenters. The van der Waals surface area contributed by atoms with Gasteiger partial charge >= 0.3 is 0 Å². The maximum absolute atomic E-state index is 11.7. The minimum atomic E-state index is -0.00699. The van der Waals surface area contributed by atoms with Crippen molar-refractivity contribution < 1.29 is 4.79 Å². The number of benzene rings is 1. The van der Waals surface area contributed by atoms with E-state index < -0.39 is 0 Å². The molecule has 2 heterocycles. The van der Waals surface area contributed by atoms with Crippen molar-refractivity contribution in [1.82, 2.24) is 5.32 Å². The van der Waals surface area contributed by atoms with Gasteiger partial charge in [-0.15, -0.1) is 11.3 Å². The molecule has 74 valence electrons. The van der Waals surface area contributed by atoms with Crippen molar-refractivity contribution in [2.24, 2.45) is 0 Å². The molecule has 1 N–H and O–H groups in total. The second kappa shape index (κ2) is 3.40. The quantitative estimate of drug-likeness (QED) is 0.757. The fraction of sp³-hybridized carbons (Fsp3) is 0. The third-order valence-corrected chi connectivity index (χ3v) is 4.46. The molecule has 3 rings (SSSR count). The number of carbonyl (C=O) groups excluding carboxylic acids is 1. The van der Waals surface area contributed by atoms with Gasteiger partial charge in [0.15, 0.2) is 0 Å². The first-order chi connectivity index (χ1) is 7.36. The van der Waals surface area contributed by atoms with Gasteiger partial charge in [-0.2, -0.15) is 0 Å². The van der Waals surface area contributed by atoms with Crippen LogP contribution in [0.25, 0.3) is 10.1 Å². The summed E-state index contributed by atoms with van der Waals surface area (Å²) in [6.45, 7) is 0. The summed E-state index contributed by atoms with van der Waals surface area (Å²) in [5.41, 5.74) is 0. The molecule has 0 spiro atoms. The summed E-state index contributed by atoms with van der Waals surface area (Å²) < 4.78 is 1.17. The van der Waals surface area contributed by atoms with Crippen LogP contribution in [0.5, 0.6) is 0 Å². The Morgan fingerprint density at radius 2 is 2.07 bits per heavy atom. The minimum absolute atomic E-state index is 0.00699. The van der Waals surface area contributed by atoms with Crippen LogP contribution in [0.3, 0.4) is 0 Å². The number of amides is 1. The van der Waals surface area contributed by atoms with Gasteiger partial charge in [0.25, 0.3) is 5.91 Å². The van der Waals surface area contributed by atoms with Gasteiger partial charge in [0.05, 0.1) is 0 Å². The van der Waals surface area contributed by atoms with Crippen LogP contribution in [-0.4, -0.2) is 5.91 Å². The Bertz CT molecular complexity index is 571. The maximum atomic E-state index is 11.7. The lowest BCUT2D eigenvalue weighted by Crippen LogP contribution is -2.14. The molecule has 4 heteroatoms. The molecule has 1 aliphatic rings. The van der Waals surface area contributed by atoms with Crippen LogP contribution in [0, 0.1) is 0 Å². The van der Waals surface area contributed by atoms with E-state index in [-0.39, 0.29) is 5.91 Å². The highest BCUT2D eigenvalue weighted by molar-refractivity contribution is 8.02. The lowest BCUT2D eigenvalue weighted by molar-refractivity contribution is 0.0972. The largest absolute Gasteiger partial charge is 0.327 e. The number of nitrogens with one attached hydrogen (secondary N) is 1. The Kier molecular flexibility index (Phi) is 2.04. The molecule has 0 fully saturated rings. The predicted octanol–water partition coefficient (Wildman–Crippen LogP) is 3.21. The van der Waals surface area contributed by atoms with Crippen LogP contribution in [0.15, 0.2) is 40.8 Å². The third kappa shape index (κ3) is 1.37. The Hall–Kier alpha value is -1.26. The van der Waals surface area contributed by atoms with Crippen LogP contribution in [-0.2, 0) is 0 Å². The molecule has 0 atom stereocenters. The molecule has 1 aromatic carbocycles. The van der Waals surface area contributed by atoms with Crippen molar-refractivity contribution in [3.8, 4) is 0 Å². The zero-order valence-corrected chi connectivity index (χ0v) is 9.32. The summed E-state index contributed by atoms with van der Waals surface area (Å²) in [7, 11) is 0. The highest BCUT2D eigenvalue weighted by Crippen LogP contribution is 2.39. The molecule has 1 aromatic heterocycles. The first kappa shape index (κ1) is 9.00. The summed E-state index contributed by atoms with van der Waals surface area (Å²) in [5, 5.41) is 5.81. The van der Waals surface area contributed by atoms with Crippen LogP contribution in [0.1, 0.15) is 9.67 Å². The smallest absolute Gasteiger partial charge is 0.266 e. The monoisotopic (exact) mass is 233 g/mol. The molecule has 0 bridgehead atoms. The Balaban J connectivity index is 2.35.